The van der Waals surface area contributed by atoms with Crippen LogP contribution >= 0.6 is 0 Å². The first kappa shape index (κ1) is 25.0. The van der Waals surface area contributed by atoms with Crippen LogP contribution in [0.25, 0.3) is 0 Å². The number of piperidine rings is 1. The molecular weight excluding hydrogens is 491 g/mol. The molecule has 1 spiro atoms. The van der Waals surface area contributed by atoms with Crippen molar-refractivity contribution < 1.29 is 32.3 Å². The Morgan fingerprint density at radius 2 is 1.76 bits per heavy atom. The van der Waals surface area contributed by atoms with Crippen LogP contribution in [0, 0.1) is 11.8 Å². The summed E-state index contributed by atoms with van der Waals surface area (Å²) in [4.78, 5) is 48.5. The summed E-state index contributed by atoms with van der Waals surface area (Å²) in [5, 5.41) is 2.83. The fourth-order valence-corrected chi connectivity index (χ4v) is 5.16. The highest BCUT2D eigenvalue weighted by molar-refractivity contribution is 6.32. The number of hydrogen-bond acceptors (Lipinski definition) is 6. The molecular formula is C25H26F3N5O4. The second kappa shape index (κ2) is 9.02. The van der Waals surface area contributed by atoms with E-state index in [1.165, 1.54) is 23.2 Å². The number of rotatable bonds is 5. The number of imide groups is 1. The third-order valence-electron chi connectivity index (χ3n) is 7.30. The summed E-state index contributed by atoms with van der Waals surface area (Å²) < 4.78 is 41.4. The first-order valence-electron chi connectivity index (χ1n) is 12.0. The van der Waals surface area contributed by atoms with Gasteiger partial charge in [-0.15, -0.1) is 13.2 Å². The second-order valence-electron chi connectivity index (χ2n) is 9.80. The molecule has 5 rings (SSSR count). The smallest absolute Gasteiger partial charge is 0.406 e. The molecule has 0 radical (unpaired) electrons. The highest BCUT2D eigenvalue weighted by Crippen LogP contribution is 2.55. The van der Waals surface area contributed by atoms with E-state index in [0.29, 0.717) is 12.1 Å². The number of amides is 4. The van der Waals surface area contributed by atoms with Gasteiger partial charge < -0.3 is 15.0 Å². The molecule has 0 bridgehead atoms. The van der Waals surface area contributed by atoms with Crippen LogP contribution in [0.1, 0.15) is 26.2 Å². The molecule has 2 unspecified atom stereocenters. The summed E-state index contributed by atoms with van der Waals surface area (Å²) in [6.45, 7) is 3.51. The lowest BCUT2D eigenvalue weighted by Gasteiger charge is -2.28. The number of nitrogens with one attached hydrogen (secondary N) is 1. The largest absolute Gasteiger partial charge is 0.573 e. The molecule has 37 heavy (non-hydrogen) atoms. The van der Waals surface area contributed by atoms with Crippen molar-refractivity contribution in [2.24, 2.45) is 11.8 Å². The molecule has 2 atom stereocenters. The number of urea groups is 1. The molecule has 196 valence electrons. The van der Waals surface area contributed by atoms with Crippen LogP contribution in [0.2, 0.25) is 0 Å². The van der Waals surface area contributed by atoms with Gasteiger partial charge >= 0.3 is 12.4 Å². The van der Waals surface area contributed by atoms with Crippen molar-refractivity contribution in [2.75, 3.05) is 35.3 Å². The van der Waals surface area contributed by atoms with E-state index in [1.54, 1.807) is 12.1 Å². The number of carbonyl (C=O) groups excluding carboxylic acids is 3. The highest BCUT2D eigenvalue weighted by Gasteiger charge is 2.70. The minimum absolute atomic E-state index is 0.132. The molecule has 12 heteroatoms. The van der Waals surface area contributed by atoms with E-state index < -0.39 is 29.6 Å². The Morgan fingerprint density at radius 1 is 1.11 bits per heavy atom. The minimum Gasteiger partial charge on any atom is -0.406 e. The second-order valence-corrected chi connectivity index (χ2v) is 9.80. The van der Waals surface area contributed by atoms with E-state index in [9.17, 15) is 27.6 Å². The zero-order valence-corrected chi connectivity index (χ0v) is 20.3. The van der Waals surface area contributed by atoms with Crippen LogP contribution in [-0.4, -0.2) is 59.8 Å². The van der Waals surface area contributed by atoms with Gasteiger partial charge in [-0.3, -0.25) is 14.5 Å². The van der Waals surface area contributed by atoms with Gasteiger partial charge in [0, 0.05) is 18.2 Å². The van der Waals surface area contributed by atoms with Crippen molar-refractivity contribution in [3.63, 3.8) is 0 Å². The summed E-state index contributed by atoms with van der Waals surface area (Å²) in [6.07, 6.45) is -1.48. The zero-order valence-electron chi connectivity index (χ0n) is 20.3. The number of benzene rings is 1. The van der Waals surface area contributed by atoms with Gasteiger partial charge in [-0.25, -0.2) is 14.7 Å². The van der Waals surface area contributed by atoms with Crippen molar-refractivity contribution in [3.8, 4) is 5.75 Å². The minimum atomic E-state index is -4.85. The SMILES string of the molecule is CC1CC12C(=O)N(c1ccc(OC(F)(F)F)cc1)C(=O)N2c1ccnc(NC(=O)C2CCN(C)CC2)c1. The first-order chi connectivity index (χ1) is 17.5. The molecule has 1 aromatic carbocycles. The number of halogens is 3. The van der Waals surface area contributed by atoms with Crippen molar-refractivity contribution >= 4 is 35.0 Å². The number of aromatic nitrogens is 1. The molecule has 1 N–H and O–H groups in total. The van der Waals surface area contributed by atoms with Crippen LogP contribution in [-0.2, 0) is 9.59 Å². The summed E-state index contributed by atoms with van der Waals surface area (Å²) >= 11 is 0. The molecule has 2 aliphatic heterocycles. The Hall–Kier alpha value is -3.67. The van der Waals surface area contributed by atoms with Gasteiger partial charge in [0.2, 0.25) is 5.91 Å². The maximum atomic E-state index is 13.6. The van der Waals surface area contributed by atoms with E-state index >= 15 is 0 Å². The number of pyridine rings is 1. The van der Waals surface area contributed by atoms with Gasteiger partial charge in [-0.2, -0.15) is 0 Å². The molecule has 2 saturated heterocycles. The topological polar surface area (TPSA) is 95.1 Å². The third kappa shape index (κ3) is 4.61. The normalized spacial score (nSPS) is 24.6. The van der Waals surface area contributed by atoms with Gasteiger partial charge in [0.15, 0.2) is 0 Å². The van der Waals surface area contributed by atoms with E-state index in [-0.39, 0.29) is 29.2 Å². The fraction of sp³-hybridized carbons (Fsp3) is 0.440. The van der Waals surface area contributed by atoms with E-state index in [4.69, 9.17) is 0 Å². The number of anilines is 3. The van der Waals surface area contributed by atoms with Crippen molar-refractivity contribution in [1.29, 1.82) is 0 Å². The predicted octanol–water partition coefficient (Wildman–Crippen LogP) is 4.01. The van der Waals surface area contributed by atoms with E-state index in [2.05, 4.69) is 19.9 Å². The van der Waals surface area contributed by atoms with Gasteiger partial charge in [0.1, 0.15) is 17.1 Å². The van der Waals surface area contributed by atoms with E-state index in [0.717, 1.165) is 43.0 Å². The lowest BCUT2D eigenvalue weighted by Crippen LogP contribution is -2.39. The molecule has 1 aliphatic carbocycles. The van der Waals surface area contributed by atoms with Gasteiger partial charge in [-0.05, 0) is 75.6 Å². The summed E-state index contributed by atoms with van der Waals surface area (Å²) in [7, 11) is 2.01. The van der Waals surface area contributed by atoms with Crippen LogP contribution in [0.15, 0.2) is 42.6 Å². The third-order valence-corrected chi connectivity index (χ3v) is 7.30. The first-order valence-corrected chi connectivity index (χ1v) is 12.0. The molecule has 3 fully saturated rings. The van der Waals surface area contributed by atoms with Crippen LogP contribution < -0.4 is 19.9 Å². The molecule has 4 amide bonds. The molecule has 2 aromatic rings. The van der Waals surface area contributed by atoms with Crippen molar-refractivity contribution in [1.82, 2.24) is 9.88 Å². The summed E-state index contributed by atoms with van der Waals surface area (Å²) in [6, 6.07) is 7.11. The number of likely N-dealkylation sites (tertiary alicyclic amines) is 1. The number of carbonyl (C=O) groups is 3. The number of alkyl halides is 3. The Balaban J connectivity index is 1.38. The van der Waals surface area contributed by atoms with Gasteiger partial charge in [-0.1, -0.05) is 6.92 Å². The van der Waals surface area contributed by atoms with Crippen molar-refractivity contribution in [2.45, 2.75) is 38.1 Å². The standard InChI is InChI=1S/C25H26F3N5O4/c1-15-14-24(15)22(35)32(17-3-5-19(6-4-17)37-25(26,27)28)23(36)33(24)18-7-10-29-20(13-18)30-21(34)16-8-11-31(2)12-9-16/h3-7,10,13,15-16H,8-9,11-12,14H2,1-2H3,(H,29,30,34). The van der Waals surface area contributed by atoms with Gasteiger partial charge in [0.05, 0.1) is 11.4 Å². The molecule has 1 saturated carbocycles. The van der Waals surface area contributed by atoms with E-state index in [1.807, 2.05) is 14.0 Å². The van der Waals surface area contributed by atoms with Gasteiger partial charge in [0.25, 0.3) is 5.91 Å². The lowest BCUT2D eigenvalue weighted by atomic mass is 9.96. The summed E-state index contributed by atoms with van der Waals surface area (Å²) in [5.74, 6) is -1.04. The molecule has 1 aromatic heterocycles. The fourth-order valence-electron chi connectivity index (χ4n) is 5.16. The number of hydrogen-bond donors (Lipinski definition) is 1. The van der Waals surface area contributed by atoms with Crippen LogP contribution in [0.5, 0.6) is 5.75 Å². The zero-order chi connectivity index (χ0) is 26.5. The Morgan fingerprint density at radius 3 is 2.35 bits per heavy atom. The average Bonchev–Trinajstić information content (AvgIpc) is 3.45. The van der Waals surface area contributed by atoms with Crippen LogP contribution in [0.3, 0.4) is 0 Å². The maximum Gasteiger partial charge on any atom is 0.573 e. The maximum absolute atomic E-state index is 13.6. The number of ether oxygens (including phenoxy) is 1. The molecule has 9 nitrogen and oxygen atoms in total. The molecule has 3 heterocycles. The van der Waals surface area contributed by atoms with Crippen LogP contribution in [0.4, 0.5) is 35.2 Å². The number of nitrogens with zero attached hydrogens (tertiary/aromatic N) is 4. The summed E-state index contributed by atoms with van der Waals surface area (Å²) in [5.41, 5.74) is -0.569. The quantitative estimate of drug-likeness (QED) is 0.603. The Kier molecular flexibility index (Phi) is 6.09. The Labute approximate surface area is 211 Å². The molecule has 3 aliphatic rings. The highest BCUT2D eigenvalue weighted by atomic mass is 19.4. The van der Waals surface area contributed by atoms with Crippen molar-refractivity contribution in [3.05, 3.63) is 42.6 Å². The monoisotopic (exact) mass is 517 g/mol. The average molecular weight is 518 g/mol. The predicted molar refractivity (Wildman–Crippen MR) is 128 cm³/mol. The Bertz CT molecular complexity index is 1230. The lowest BCUT2D eigenvalue weighted by molar-refractivity contribution is -0.274.